The number of hydrogen-bond acceptors (Lipinski definition) is 3. The molecule has 2 fully saturated rings. The summed E-state index contributed by atoms with van der Waals surface area (Å²) in [5.41, 5.74) is 1.26. The lowest BCUT2D eigenvalue weighted by Crippen LogP contribution is -2.41. The summed E-state index contributed by atoms with van der Waals surface area (Å²) in [4.78, 5) is 33.0. The Balaban J connectivity index is 1.15. The Morgan fingerprint density at radius 3 is 2.41 bits per heavy atom. The lowest BCUT2D eigenvalue weighted by atomic mass is 9.88. The summed E-state index contributed by atoms with van der Waals surface area (Å²) >= 11 is 0. The second-order valence-corrected chi connectivity index (χ2v) is 9.43. The first-order valence-electron chi connectivity index (χ1n) is 12.1. The van der Waals surface area contributed by atoms with Gasteiger partial charge in [-0.25, -0.2) is 8.78 Å². The van der Waals surface area contributed by atoms with Gasteiger partial charge < -0.3 is 14.8 Å². The third-order valence-electron chi connectivity index (χ3n) is 7.36. The molecule has 5 nitrogen and oxygen atoms in total. The minimum Gasteiger partial charge on any atom is -0.348 e. The van der Waals surface area contributed by atoms with Gasteiger partial charge in [0.05, 0.1) is 0 Å². The molecular formula is C27H29F2N3O2. The van der Waals surface area contributed by atoms with Crippen molar-refractivity contribution in [2.45, 2.75) is 38.1 Å². The van der Waals surface area contributed by atoms with Crippen molar-refractivity contribution in [2.24, 2.45) is 5.92 Å². The molecule has 2 aliphatic heterocycles. The van der Waals surface area contributed by atoms with E-state index in [-0.39, 0.29) is 35.2 Å². The number of Topliss-reactive ketones (excluding diaryl/α,β-unsaturated/α-hetero) is 1. The van der Waals surface area contributed by atoms with Crippen molar-refractivity contribution in [3.63, 3.8) is 0 Å². The highest BCUT2D eigenvalue weighted by atomic mass is 19.1. The molecule has 0 radical (unpaired) electrons. The van der Waals surface area contributed by atoms with Crippen LogP contribution in [0.5, 0.6) is 0 Å². The van der Waals surface area contributed by atoms with E-state index in [1.165, 1.54) is 12.1 Å². The minimum atomic E-state index is -0.473. The zero-order chi connectivity index (χ0) is 23.7. The first kappa shape index (κ1) is 22.7. The molecule has 1 atom stereocenters. The van der Waals surface area contributed by atoms with Gasteiger partial charge in [0.2, 0.25) is 0 Å². The summed E-state index contributed by atoms with van der Waals surface area (Å²) < 4.78 is 28.0. The summed E-state index contributed by atoms with van der Waals surface area (Å²) in [6, 6.07) is 12.9. The van der Waals surface area contributed by atoms with E-state index in [2.05, 4.69) is 9.88 Å². The number of carbonyl (C=O) groups is 2. The number of fused-ring (bicyclic) bond motifs is 1. The van der Waals surface area contributed by atoms with Crippen molar-refractivity contribution in [3.8, 4) is 0 Å². The number of ketones is 1. The molecule has 0 bridgehead atoms. The Kier molecular flexibility index (Phi) is 6.46. The predicted octanol–water partition coefficient (Wildman–Crippen LogP) is 5.04. The van der Waals surface area contributed by atoms with Crippen molar-refractivity contribution in [3.05, 3.63) is 71.4 Å². The number of likely N-dealkylation sites (tertiary alicyclic amines) is 2. The number of hydrogen-bond donors (Lipinski definition) is 1. The average Bonchev–Trinajstić information content (AvgIpc) is 3.47. The van der Waals surface area contributed by atoms with Crippen molar-refractivity contribution < 1.29 is 18.4 Å². The molecule has 5 rings (SSSR count). The smallest absolute Gasteiger partial charge is 0.273 e. The lowest BCUT2D eigenvalue weighted by molar-refractivity contribution is 0.0696. The number of benzene rings is 2. The van der Waals surface area contributed by atoms with Gasteiger partial charge in [-0.1, -0.05) is 12.1 Å². The Hall–Kier alpha value is -3.06. The largest absolute Gasteiger partial charge is 0.348 e. The van der Waals surface area contributed by atoms with Crippen LogP contribution in [0, 0.1) is 17.6 Å². The number of nitrogens with one attached hydrogen (secondary N) is 1. The van der Waals surface area contributed by atoms with E-state index in [4.69, 9.17) is 0 Å². The van der Waals surface area contributed by atoms with E-state index in [1.54, 1.807) is 30.3 Å². The van der Waals surface area contributed by atoms with Crippen LogP contribution in [0.4, 0.5) is 8.78 Å². The van der Waals surface area contributed by atoms with E-state index in [1.807, 2.05) is 11.0 Å². The zero-order valence-corrected chi connectivity index (χ0v) is 19.1. The van der Waals surface area contributed by atoms with Crippen LogP contribution in [0.15, 0.2) is 48.5 Å². The summed E-state index contributed by atoms with van der Waals surface area (Å²) in [6.07, 6.45) is 4.25. The average molecular weight is 466 g/mol. The molecule has 1 N–H and O–H groups in total. The molecule has 7 heteroatoms. The minimum absolute atomic E-state index is 0.0312. The van der Waals surface area contributed by atoms with E-state index >= 15 is 0 Å². The van der Waals surface area contributed by atoms with Crippen LogP contribution in [0.2, 0.25) is 0 Å². The number of carbonyl (C=O) groups excluding carboxylic acids is 2. The highest BCUT2D eigenvalue weighted by Gasteiger charge is 2.33. The molecule has 1 amide bonds. The van der Waals surface area contributed by atoms with Crippen LogP contribution in [-0.2, 0) is 0 Å². The fourth-order valence-corrected chi connectivity index (χ4v) is 5.40. The summed E-state index contributed by atoms with van der Waals surface area (Å²) in [7, 11) is 0. The SMILES string of the molecule is O=C(c1ccc(F)cc1)C1CCN(CC[C@@H]2CCCN2C(=O)c2[nH]c3ccccc3c2F)CC1. The predicted molar refractivity (Wildman–Crippen MR) is 127 cm³/mol. The van der Waals surface area contributed by atoms with Gasteiger partial charge >= 0.3 is 0 Å². The Morgan fingerprint density at radius 1 is 0.941 bits per heavy atom. The zero-order valence-electron chi connectivity index (χ0n) is 19.1. The van der Waals surface area contributed by atoms with Crippen LogP contribution in [0.25, 0.3) is 10.9 Å². The Labute approximate surface area is 197 Å². The molecule has 2 saturated heterocycles. The van der Waals surface area contributed by atoms with Crippen LogP contribution < -0.4 is 0 Å². The third kappa shape index (κ3) is 4.49. The first-order chi connectivity index (χ1) is 16.5. The maximum absolute atomic E-state index is 14.8. The van der Waals surface area contributed by atoms with Crippen molar-refractivity contribution >= 4 is 22.6 Å². The fraction of sp³-hybridized carbons (Fsp3) is 0.407. The van der Waals surface area contributed by atoms with E-state index in [0.29, 0.717) is 23.0 Å². The number of para-hydroxylation sites is 1. The Bertz CT molecular complexity index is 1180. The second-order valence-electron chi connectivity index (χ2n) is 9.43. The quantitative estimate of drug-likeness (QED) is 0.519. The maximum Gasteiger partial charge on any atom is 0.273 e. The van der Waals surface area contributed by atoms with Crippen LogP contribution >= 0.6 is 0 Å². The van der Waals surface area contributed by atoms with Crippen LogP contribution in [0.3, 0.4) is 0 Å². The maximum atomic E-state index is 14.8. The molecule has 3 aromatic rings. The summed E-state index contributed by atoms with van der Waals surface area (Å²) in [5.74, 6) is -1.01. The number of H-pyrrole nitrogens is 1. The number of aromatic amines is 1. The highest BCUT2D eigenvalue weighted by molar-refractivity contribution is 5.99. The molecule has 0 aliphatic carbocycles. The molecule has 3 heterocycles. The number of halogens is 2. The van der Waals surface area contributed by atoms with Crippen LogP contribution in [-0.4, -0.2) is 58.7 Å². The summed E-state index contributed by atoms with van der Waals surface area (Å²) in [5, 5.41) is 0.444. The molecule has 1 aromatic heterocycles. The fourth-order valence-electron chi connectivity index (χ4n) is 5.40. The first-order valence-corrected chi connectivity index (χ1v) is 12.1. The molecule has 2 aliphatic rings. The molecule has 178 valence electrons. The van der Waals surface area contributed by atoms with Gasteiger partial charge in [-0.15, -0.1) is 0 Å². The molecule has 0 unspecified atom stereocenters. The van der Waals surface area contributed by atoms with Gasteiger partial charge in [-0.3, -0.25) is 9.59 Å². The number of piperidine rings is 1. The standard InChI is InChI=1S/C27H29F2N3O2/c28-20-9-7-18(8-10-20)26(33)19-11-15-31(16-12-19)17-13-21-4-3-14-32(21)27(34)25-24(29)22-5-1-2-6-23(22)30-25/h1-2,5-10,19,21,30H,3-4,11-17H2/t21-/m0/s1. The van der Waals surface area contributed by atoms with Crippen molar-refractivity contribution in [1.29, 1.82) is 0 Å². The van der Waals surface area contributed by atoms with Crippen molar-refractivity contribution in [2.75, 3.05) is 26.2 Å². The molecule has 0 spiro atoms. The molecular weight excluding hydrogens is 436 g/mol. The van der Waals surface area contributed by atoms with Gasteiger partial charge in [0.1, 0.15) is 11.5 Å². The van der Waals surface area contributed by atoms with E-state index in [0.717, 1.165) is 51.7 Å². The third-order valence-corrected chi connectivity index (χ3v) is 7.36. The highest BCUT2D eigenvalue weighted by Crippen LogP contribution is 2.28. The van der Waals surface area contributed by atoms with Gasteiger partial charge in [-0.05, 0) is 81.6 Å². The van der Waals surface area contributed by atoms with Gasteiger partial charge in [0, 0.05) is 41.5 Å². The topological polar surface area (TPSA) is 56.4 Å². The van der Waals surface area contributed by atoms with Crippen molar-refractivity contribution in [1.82, 2.24) is 14.8 Å². The number of aromatic nitrogens is 1. The number of amides is 1. The molecule has 2 aromatic carbocycles. The normalized spacial score (nSPS) is 19.7. The van der Waals surface area contributed by atoms with Gasteiger partial charge in [0.25, 0.3) is 5.91 Å². The van der Waals surface area contributed by atoms with E-state index in [9.17, 15) is 18.4 Å². The Morgan fingerprint density at radius 2 is 1.68 bits per heavy atom. The van der Waals surface area contributed by atoms with Crippen LogP contribution in [0.1, 0.15) is 53.0 Å². The summed E-state index contributed by atoms with van der Waals surface area (Å²) in [6.45, 7) is 3.15. The number of nitrogens with zero attached hydrogens (tertiary/aromatic N) is 2. The monoisotopic (exact) mass is 465 g/mol. The number of rotatable bonds is 6. The van der Waals surface area contributed by atoms with Gasteiger partial charge in [0.15, 0.2) is 11.6 Å². The van der Waals surface area contributed by atoms with E-state index < -0.39 is 5.82 Å². The molecule has 34 heavy (non-hydrogen) atoms. The van der Waals surface area contributed by atoms with Gasteiger partial charge in [-0.2, -0.15) is 0 Å². The lowest BCUT2D eigenvalue weighted by Gasteiger charge is -2.33. The molecule has 0 saturated carbocycles. The second kappa shape index (κ2) is 9.66.